The summed E-state index contributed by atoms with van der Waals surface area (Å²) in [5.74, 6) is -2.07. The van der Waals surface area contributed by atoms with E-state index in [1.54, 1.807) is 0 Å². The highest BCUT2D eigenvalue weighted by Crippen LogP contribution is 2.33. The van der Waals surface area contributed by atoms with Gasteiger partial charge in [0.1, 0.15) is 0 Å². The van der Waals surface area contributed by atoms with Crippen molar-refractivity contribution >= 4 is 29.1 Å². The summed E-state index contributed by atoms with van der Waals surface area (Å²) in [4.78, 5) is 23.8. The van der Waals surface area contributed by atoms with Gasteiger partial charge in [-0.05, 0) is 36.8 Å². The second-order valence-corrected chi connectivity index (χ2v) is 5.42. The topological polar surface area (TPSA) is 67.4 Å². The van der Waals surface area contributed by atoms with E-state index in [0.717, 1.165) is 19.2 Å². The zero-order chi connectivity index (χ0) is 18.1. The van der Waals surface area contributed by atoms with Gasteiger partial charge < -0.3 is 15.4 Å². The molecule has 9 heteroatoms. The molecule has 2 N–H and O–H groups in total. The summed E-state index contributed by atoms with van der Waals surface area (Å²) in [7, 11) is 1.05. The lowest BCUT2D eigenvalue weighted by Gasteiger charge is -2.30. The van der Waals surface area contributed by atoms with Crippen molar-refractivity contribution in [2.75, 3.05) is 7.11 Å². The van der Waals surface area contributed by atoms with Gasteiger partial charge in [-0.1, -0.05) is 12.1 Å². The Hall–Kier alpha value is -2.42. The van der Waals surface area contributed by atoms with Crippen LogP contribution in [-0.2, 0) is 20.5 Å². The van der Waals surface area contributed by atoms with E-state index in [2.05, 4.69) is 15.4 Å². The molecule has 0 amide bonds. The number of alkyl halides is 3. The summed E-state index contributed by atoms with van der Waals surface area (Å²) in [5, 5.41) is 5.54. The molecule has 1 aromatic rings. The molecule has 0 saturated heterocycles. The third-order valence-corrected chi connectivity index (χ3v) is 3.65. The fourth-order valence-corrected chi connectivity index (χ4v) is 2.61. The van der Waals surface area contributed by atoms with E-state index in [0.29, 0.717) is 0 Å². The molecule has 2 rings (SSSR count). The minimum Gasteiger partial charge on any atom is -0.463 e. The first kappa shape index (κ1) is 17.9. The molecule has 1 aliphatic heterocycles. The minimum absolute atomic E-state index is 0.0465. The van der Waals surface area contributed by atoms with Crippen molar-refractivity contribution in [3.8, 4) is 0 Å². The van der Waals surface area contributed by atoms with Crippen LogP contribution < -0.4 is 10.6 Å². The van der Waals surface area contributed by atoms with Crippen LogP contribution in [0.5, 0.6) is 0 Å². The molecular formula is C15H13F3N2O3S. The average Bonchev–Trinajstić information content (AvgIpc) is 2.52. The number of benzene rings is 1. The number of ether oxygens (including phenoxy) is 1. The molecule has 5 nitrogen and oxygen atoms in total. The lowest BCUT2D eigenvalue weighted by atomic mass is 9.91. The monoisotopic (exact) mass is 358 g/mol. The highest BCUT2D eigenvalue weighted by atomic mass is 32.1. The Kier molecular flexibility index (Phi) is 4.93. The van der Waals surface area contributed by atoms with Gasteiger partial charge in [0.15, 0.2) is 5.11 Å². The predicted octanol–water partition coefficient (Wildman–Crippen LogP) is 2.24. The quantitative estimate of drug-likeness (QED) is 0.491. The number of rotatable bonds is 3. The highest BCUT2D eigenvalue weighted by molar-refractivity contribution is 7.80. The highest BCUT2D eigenvalue weighted by Gasteiger charge is 2.36. The van der Waals surface area contributed by atoms with Crippen molar-refractivity contribution in [3.63, 3.8) is 0 Å². The van der Waals surface area contributed by atoms with E-state index in [4.69, 9.17) is 12.2 Å². The van der Waals surface area contributed by atoms with E-state index in [1.807, 2.05) is 0 Å². The van der Waals surface area contributed by atoms with Gasteiger partial charge in [0, 0.05) is 5.70 Å². The second kappa shape index (κ2) is 6.60. The molecule has 0 bridgehead atoms. The van der Waals surface area contributed by atoms with Crippen molar-refractivity contribution in [3.05, 3.63) is 46.7 Å². The molecule has 0 aliphatic carbocycles. The number of halogens is 3. The number of nitrogens with one attached hydrogen (secondary N) is 2. The maximum absolute atomic E-state index is 12.9. The van der Waals surface area contributed by atoms with E-state index in [-0.39, 0.29) is 21.9 Å². The molecule has 128 valence electrons. The molecule has 0 radical (unpaired) electrons. The van der Waals surface area contributed by atoms with Crippen LogP contribution in [0.2, 0.25) is 0 Å². The zero-order valence-electron chi connectivity index (χ0n) is 12.7. The van der Waals surface area contributed by atoms with Crippen LogP contribution in [-0.4, -0.2) is 24.0 Å². The summed E-state index contributed by atoms with van der Waals surface area (Å²) < 4.78 is 43.2. The number of methoxy groups -OCH3 is 1. The number of ketones is 1. The Balaban J connectivity index is 2.53. The van der Waals surface area contributed by atoms with E-state index in [9.17, 15) is 22.8 Å². The molecule has 0 unspecified atom stereocenters. The molecule has 0 spiro atoms. The third kappa shape index (κ3) is 3.56. The lowest BCUT2D eigenvalue weighted by molar-refractivity contribution is -0.150. The van der Waals surface area contributed by atoms with Crippen LogP contribution in [0.4, 0.5) is 13.2 Å². The predicted molar refractivity (Wildman–Crippen MR) is 82.8 cm³/mol. The molecular weight excluding hydrogens is 345 g/mol. The number of hydrogen-bond donors (Lipinski definition) is 2. The largest absolute Gasteiger partial charge is 0.463 e. The molecule has 24 heavy (non-hydrogen) atoms. The first-order chi connectivity index (χ1) is 11.1. The van der Waals surface area contributed by atoms with Crippen LogP contribution in [0.3, 0.4) is 0 Å². The van der Waals surface area contributed by atoms with Crippen molar-refractivity contribution in [1.82, 2.24) is 10.6 Å². The number of Topliss-reactive ketones (excluding diaryl/α,β-unsaturated/α-hetero) is 1. The first-order valence-electron chi connectivity index (χ1n) is 6.73. The number of hydrogen-bond acceptors (Lipinski definition) is 4. The SMILES string of the molecule is COC(=O)C(=O)C1=C(C)NC(=S)N[C@@H]1c1cccc(C(F)(F)F)c1. The maximum atomic E-state index is 12.9. The van der Waals surface area contributed by atoms with Gasteiger partial charge in [0.2, 0.25) is 0 Å². The molecule has 0 fully saturated rings. The molecule has 0 saturated carbocycles. The first-order valence-corrected chi connectivity index (χ1v) is 7.14. The fraction of sp³-hybridized carbons (Fsp3) is 0.267. The van der Waals surface area contributed by atoms with Crippen LogP contribution in [0.25, 0.3) is 0 Å². The maximum Gasteiger partial charge on any atom is 0.416 e. The summed E-state index contributed by atoms with van der Waals surface area (Å²) in [6.45, 7) is 1.50. The number of allylic oxidation sites excluding steroid dienone is 1. The fourth-order valence-electron chi connectivity index (χ4n) is 2.34. The van der Waals surface area contributed by atoms with E-state index < -0.39 is 29.5 Å². The standard InChI is InChI=1S/C15H13F3N2O3S/c1-7-10(12(21)13(22)23-2)11(20-14(24)19-7)8-4-3-5-9(6-8)15(16,17)18/h3-6,11H,1-2H3,(H2,19,20,24)/t11-/m1/s1. The van der Waals surface area contributed by atoms with E-state index in [1.165, 1.54) is 19.1 Å². The molecule has 1 heterocycles. The second-order valence-electron chi connectivity index (χ2n) is 5.01. The Morgan fingerprint density at radius 2 is 1.96 bits per heavy atom. The van der Waals surface area contributed by atoms with Crippen molar-refractivity contribution in [2.24, 2.45) is 0 Å². The number of esters is 1. The Morgan fingerprint density at radius 3 is 2.54 bits per heavy atom. The van der Waals surface area contributed by atoms with E-state index >= 15 is 0 Å². The zero-order valence-corrected chi connectivity index (χ0v) is 13.5. The van der Waals surface area contributed by atoms with Crippen molar-refractivity contribution < 1.29 is 27.5 Å². The lowest BCUT2D eigenvalue weighted by Crippen LogP contribution is -2.46. The van der Waals surface area contributed by atoms with Gasteiger partial charge in [0.25, 0.3) is 5.78 Å². The van der Waals surface area contributed by atoms with Crippen LogP contribution in [0.15, 0.2) is 35.5 Å². The van der Waals surface area contributed by atoms with Gasteiger partial charge >= 0.3 is 12.1 Å². The summed E-state index contributed by atoms with van der Waals surface area (Å²) >= 11 is 4.99. The van der Waals surface area contributed by atoms with Gasteiger partial charge in [-0.2, -0.15) is 13.2 Å². The Morgan fingerprint density at radius 1 is 1.29 bits per heavy atom. The molecule has 1 aromatic carbocycles. The van der Waals surface area contributed by atoms with Gasteiger partial charge in [-0.25, -0.2) is 4.79 Å². The summed E-state index contributed by atoms with van der Waals surface area (Å²) in [6.07, 6.45) is -4.53. The normalized spacial score (nSPS) is 17.9. The minimum atomic E-state index is -4.53. The summed E-state index contributed by atoms with van der Waals surface area (Å²) in [5.41, 5.74) is -0.486. The van der Waals surface area contributed by atoms with Crippen molar-refractivity contribution in [2.45, 2.75) is 19.1 Å². The molecule has 1 atom stereocenters. The van der Waals surface area contributed by atoms with Crippen LogP contribution >= 0.6 is 12.2 Å². The molecule has 1 aliphatic rings. The number of thiocarbonyl (C=S) groups is 1. The third-order valence-electron chi connectivity index (χ3n) is 3.43. The number of carbonyl (C=O) groups excluding carboxylic acids is 2. The average molecular weight is 358 g/mol. The number of carbonyl (C=O) groups is 2. The van der Waals surface area contributed by atoms with Crippen LogP contribution in [0, 0.1) is 0 Å². The summed E-state index contributed by atoms with van der Waals surface area (Å²) in [6, 6.07) is 3.47. The smallest absolute Gasteiger partial charge is 0.416 e. The van der Waals surface area contributed by atoms with Crippen LogP contribution in [0.1, 0.15) is 24.1 Å². The van der Waals surface area contributed by atoms with Gasteiger partial charge in [-0.15, -0.1) is 0 Å². The Bertz CT molecular complexity index is 744. The molecule has 0 aromatic heterocycles. The van der Waals surface area contributed by atoms with Crippen molar-refractivity contribution in [1.29, 1.82) is 0 Å². The van der Waals surface area contributed by atoms with Gasteiger partial charge in [-0.3, -0.25) is 4.79 Å². The van der Waals surface area contributed by atoms with Gasteiger partial charge in [0.05, 0.1) is 24.3 Å². The Labute approximate surface area is 140 Å².